The van der Waals surface area contributed by atoms with Crippen molar-refractivity contribution in [2.75, 3.05) is 43.6 Å². The highest BCUT2D eigenvalue weighted by Gasteiger charge is 2.47. The number of aliphatic hydroxyl groups is 3. The Morgan fingerprint density at radius 2 is 1.94 bits per heavy atom. The highest BCUT2D eigenvalue weighted by Crippen LogP contribution is 2.41. The van der Waals surface area contributed by atoms with Crippen molar-refractivity contribution in [1.82, 2.24) is 19.9 Å². The molecule has 3 heterocycles. The van der Waals surface area contributed by atoms with Crippen molar-refractivity contribution < 1.29 is 24.8 Å². The molecule has 1 aliphatic carbocycles. The summed E-state index contributed by atoms with van der Waals surface area (Å²) >= 11 is 1.45. The quantitative estimate of drug-likeness (QED) is 0.188. The molecule has 1 saturated carbocycles. The normalized spacial score (nSPS) is 21.8. The van der Waals surface area contributed by atoms with E-state index < -0.39 is 17.7 Å². The number of anilines is 2. The number of pyridine rings is 1. The zero-order valence-electron chi connectivity index (χ0n) is 21.0. The molecule has 0 saturated heterocycles. The first-order chi connectivity index (χ1) is 17.3. The van der Waals surface area contributed by atoms with Crippen molar-refractivity contribution in [2.45, 2.75) is 52.4 Å². The summed E-state index contributed by atoms with van der Waals surface area (Å²) in [4.78, 5) is 18.6. The first-order valence-electron chi connectivity index (χ1n) is 12.2. The second-order valence-corrected chi connectivity index (χ2v) is 9.83. The molecule has 3 atom stereocenters. The van der Waals surface area contributed by atoms with Crippen molar-refractivity contribution in [3.8, 4) is 16.5 Å². The number of nitrogens with one attached hydrogen (secondary N) is 2. The van der Waals surface area contributed by atoms with Crippen LogP contribution in [0, 0.1) is 19.8 Å². The van der Waals surface area contributed by atoms with Gasteiger partial charge in [-0.1, -0.05) is 0 Å². The molecule has 196 valence electrons. The van der Waals surface area contributed by atoms with E-state index in [2.05, 4.69) is 25.6 Å². The fourth-order valence-corrected chi connectivity index (χ4v) is 5.53. The Labute approximate surface area is 214 Å². The fourth-order valence-electron chi connectivity index (χ4n) is 4.39. The number of aliphatic hydroxyl groups excluding tert-OH is 2. The molecule has 0 spiro atoms. The van der Waals surface area contributed by atoms with Gasteiger partial charge in [-0.25, -0.2) is 15.0 Å². The van der Waals surface area contributed by atoms with Gasteiger partial charge < -0.3 is 35.4 Å². The van der Waals surface area contributed by atoms with Crippen LogP contribution in [0.15, 0.2) is 6.07 Å². The maximum absolute atomic E-state index is 11.3. The van der Waals surface area contributed by atoms with Gasteiger partial charge in [0, 0.05) is 31.7 Å². The van der Waals surface area contributed by atoms with Crippen molar-refractivity contribution in [3.05, 3.63) is 17.5 Å². The van der Waals surface area contributed by atoms with Gasteiger partial charge >= 0.3 is 0 Å². The summed E-state index contributed by atoms with van der Waals surface area (Å²) in [6.45, 7) is 9.49. The van der Waals surface area contributed by atoms with Crippen molar-refractivity contribution >= 4 is 33.3 Å². The summed E-state index contributed by atoms with van der Waals surface area (Å²) in [7, 11) is 0. The molecule has 0 aliphatic heterocycles. The zero-order valence-corrected chi connectivity index (χ0v) is 21.9. The van der Waals surface area contributed by atoms with Crippen molar-refractivity contribution in [1.29, 1.82) is 0 Å². The Balaban J connectivity index is 1.76. The number of aryl methyl sites for hydroxylation is 2. The summed E-state index contributed by atoms with van der Waals surface area (Å²) < 4.78 is 11.9. The number of nitrogens with zero attached hydrogens (tertiary/aromatic N) is 4. The maximum Gasteiger partial charge on any atom is 0.224 e. The maximum atomic E-state index is 11.3. The minimum Gasteiger partial charge on any atom is -0.478 e. The number of ether oxygens (including phenoxy) is 2. The van der Waals surface area contributed by atoms with Gasteiger partial charge in [-0.2, -0.15) is 4.98 Å². The molecule has 11 nitrogen and oxygen atoms in total. The van der Waals surface area contributed by atoms with E-state index in [4.69, 9.17) is 14.5 Å². The molecular formula is C24H34N6O5S. The molecule has 5 N–H and O–H groups in total. The number of fused-ring (bicyclic) bond motifs is 1. The van der Waals surface area contributed by atoms with Crippen LogP contribution in [0.25, 0.3) is 20.8 Å². The molecule has 1 fully saturated rings. The van der Waals surface area contributed by atoms with E-state index in [1.807, 2.05) is 33.8 Å². The molecule has 0 aromatic carbocycles. The van der Waals surface area contributed by atoms with Gasteiger partial charge in [-0.3, -0.25) is 0 Å². The molecule has 12 heteroatoms. The summed E-state index contributed by atoms with van der Waals surface area (Å²) in [5, 5.41) is 38.5. The molecular weight excluding hydrogens is 484 g/mol. The predicted octanol–water partition coefficient (Wildman–Crippen LogP) is 2.48. The van der Waals surface area contributed by atoms with E-state index in [0.717, 1.165) is 15.9 Å². The number of aromatic nitrogens is 4. The fraction of sp³-hybridized carbons (Fsp3) is 0.583. The standard InChI is InChI=1S/C24H34N6O5S/c1-5-34-10-9-25-23-27-13(3)18(21(29-23)30-24(33)8-7-15(12-31)20(24)32)22-28-19-14(4)26-17(35-6-2)11-16(19)36-22/h11,15,20,31-33H,5-10,12H2,1-4H3,(H2,25,27,29,30). The third kappa shape index (κ3) is 5.37. The van der Waals surface area contributed by atoms with Gasteiger partial charge in [0.25, 0.3) is 0 Å². The smallest absolute Gasteiger partial charge is 0.224 e. The summed E-state index contributed by atoms with van der Waals surface area (Å²) in [6, 6.07) is 1.86. The molecule has 1 aliphatic rings. The Bertz CT molecular complexity index is 1210. The summed E-state index contributed by atoms with van der Waals surface area (Å²) in [5.74, 6) is 0.823. The van der Waals surface area contributed by atoms with E-state index in [1.54, 1.807) is 0 Å². The highest BCUT2D eigenvalue weighted by atomic mass is 32.1. The van der Waals surface area contributed by atoms with Crippen LogP contribution in [0.3, 0.4) is 0 Å². The van der Waals surface area contributed by atoms with Gasteiger partial charge in [-0.05, 0) is 40.5 Å². The Hall–Kier alpha value is -2.64. The molecule has 3 unspecified atom stereocenters. The monoisotopic (exact) mass is 518 g/mol. The van der Waals surface area contributed by atoms with Crippen LogP contribution >= 0.6 is 11.3 Å². The van der Waals surface area contributed by atoms with Gasteiger partial charge in [0.1, 0.15) is 22.4 Å². The van der Waals surface area contributed by atoms with Crippen LogP contribution in [0.2, 0.25) is 0 Å². The van der Waals surface area contributed by atoms with Crippen LogP contribution in [-0.4, -0.2) is 80.1 Å². The Kier molecular flexibility index (Phi) is 8.20. The Morgan fingerprint density at radius 3 is 2.64 bits per heavy atom. The molecule has 0 amide bonds. The van der Waals surface area contributed by atoms with Crippen LogP contribution in [-0.2, 0) is 4.74 Å². The first-order valence-corrected chi connectivity index (χ1v) is 13.0. The van der Waals surface area contributed by atoms with Gasteiger partial charge in [0.15, 0.2) is 5.72 Å². The van der Waals surface area contributed by atoms with E-state index in [1.165, 1.54) is 11.3 Å². The number of thiazole rings is 1. The Morgan fingerprint density at radius 1 is 1.14 bits per heavy atom. The van der Waals surface area contributed by atoms with Gasteiger partial charge in [-0.15, -0.1) is 11.3 Å². The lowest BCUT2D eigenvalue weighted by molar-refractivity contribution is -0.0545. The largest absolute Gasteiger partial charge is 0.478 e. The zero-order chi connectivity index (χ0) is 25.9. The first kappa shape index (κ1) is 26.4. The van der Waals surface area contributed by atoms with E-state index >= 15 is 0 Å². The number of hydrogen-bond donors (Lipinski definition) is 5. The minimum atomic E-state index is -1.65. The lowest BCUT2D eigenvalue weighted by atomic mass is 10.0. The summed E-state index contributed by atoms with van der Waals surface area (Å²) in [5.41, 5.74) is 1.12. The molecule has 0 bridgehead atoms. The topological polar surface area (TPSA) is 155 Å². The second-order valence-electron chi connectivity index (χ2n) is 8.80. The number of hydrogen-bond acceptors (Lipinski definition) is 12. The summed E-state index contributed by atoms with van der Waals surface area (Å²) in [6.07, 6.45) is -0.419. The van der Waals surface area contributed by atoms with Gasteiger partial charge in [0.05, 0.1) is 34.9 Å². The van der Waals surface area contributed by atoms with E-state index in [-0.39, 0.29) is 13.0 Å². The predicted molar refractivity (Wildman–Crippen MR) is 138 cm³/mol. The third-order valence-electron chi connectivity index (χ3n) is 6.26. The molecule has 3 aromatic rings. The lowest BCUT2D eigenvalue weighted by Crippen LogP contribution is -2.48. The van der Waals surface area contributed by atoms with E-state index in [0.29, 0.717) is 66.7 Å². The van der Waals surface area contributed by atoms with Crippen LogP contribution in [0.4, 0.5) is 11.8 Å². The minimum absolute atomic E-state index is 0.211. The van der Waals surface area contributed by atoms with Gasteiger partial charge in [0.2, 0.25) is 11.8 Å². The molecule has 36 heavy (non-hydrogen) atoms. The molecule has 3 aromatic heterocycles. The molecule has 0 radical (unpaired) electrons. The number of rotatable bonds is 11. The van der Waals surface area contributed by atoms with Crippen LogP contribution in [0.5, 0.6) is 5.88 Å². The lowest BCUT2D eigenvalue weighted by Gasteiger charge is -2.31. The highest BCUT2D eigenvalue weighted by molar-refractivity contribution is 7.21. The average Bonchev–Trinajstić information content (AvgIpc) is 3.38. The SMILES string of the molecule is CCOCCNc1nc(C)c(-c2nc3c(C)nc(OCC)cc3s2)c(NC2(O)CCC(CO)C2O)n1. The van der Waals surface area contributed by atoms with Crippen molar-refractivity contribution in [2.24, 2.45) is 5.92 Å². The third-order valence-corrected chi connectivity index (χ3v) is 7.28. The van der Waals surface area contributed by atoms with E-state index in [9.17, 15) is 15.3 Å². The van der Waals surface area contributed by atoms with Crippen LogP contribution < -0.4 is 15.4 Å². The molecule has 4 rings (SSSR count). The average molecular weight is 519 g/mol. The second kappa shape index (κ2) is 11.2. The van der Waals surface area contributed by atoms with Crippen LogP contribution in [0.1, 0.15) is 38.1 Å². The van der Waals surface area contributed by atoms with Crippen molar-refractivity contribution in [3.63, 3.8) is 0 Å².